The number of rotatable bonds is 22. The molecule has 0 atom stereocenters. The van der Waals surface area contributed by atoms with E-state index in [-0.39, 0.29) is 0 Å². The van der Waals surface area contributed by atoms with Crippen LogP contribution in [0.5, 0.6) is 0 Å². The van der Waals surface area contributed by atoms with Gasteiger partial charge in [0.1, 0.15) is 0 Å². The van der Waals surface area contributed by atoms with Crippen LogP contribution < -0.4 is 0 Å². The van der Waals surface area contributed by atoms with Crippen molar-refractivity contribution in [1.82, 2.24) is 0 Å². The molecule has 0 aliphatic heterocycles. The largest absolute Gasteiger partial charge is 0.0826 e. The van der Waals surface area contributed by atoms with E-state index in [1.54, 1.807) is 0 Å². The lowest BCUT2D eigenvalue weighted by molar-refractivity contribution is 0.573. The maximum atomic E-state index is 2.30. The van der Waals surface area contributed by atoms with Crippen LogP contribution in [-0.4, -0.2) is 11.5 Å². The number of hydrogen-bond acceptors (Lipinski definition) is 3. The van der Waals surface area contributed by atoms with Crippen molar-refractivity contribution in [3.05, 3.63) is 0 Å². The van der Waals surface area contributed by atoms with Crippen molar-refractivity contribution in [2.75, 3.05) is 11.5 Å². The van der Waals surface area contributed by atoms with Crippen LogP contribution in [0, 0.1) is 0 Å². The standard InChI is InChI=1S/C22H46S3/c1-3-5-7-9-11-13-15-17-19-21-23-25-24-22-20-18-16-14-12-10-8-6-4-2/h3-22H2,1-2H3. The summed E-state index contributed by atoms with van der Waals surface area (Å²) < 4.78 is 0. The molecule has 0 heterocycles. The Morgan fingerprint density at radius 1 is 0.360 bits per heavy atom. The highest BCUT2D eigenvalue weighted by molar-refractivity contribution is 9.09. The van der Waals surface area contributed by atoms with Gasteiger partial charge in [-0.25, -0.2) is 0 Å². The molecule has 0 aromatic heterocycles. The smallest absolute Gasteiger partial charge is 0.00451 e. The molecule has 0 radical (unpaired) electrons. The van der Waals surface area contributed by atoms with Crippen molar-refractivity contribution < 1.29 is 0 Å². The molecular formula is C22H46S3. The third-order valence-electron chi connectivity index (χ3n) is 4.76. The summed E-state index contributed by atoms with van der Waals surface area (Å²) in [6.45, 7) is 4.59. The van der Waals surface area contributed by atoms with Crippen molar-refractivity contribution in [3.8, 4) is 0 Å². The van der Waals surface area contributed by atoms with Crippen molar-refractivity contribution in [3.63, 3.8) is 0 Å². The first-order valence-electron chi connectivity index (χ1n) is 11.3. The number of hydrogen-bond donors (Lipinski definition) is 0. The molecule has 0 saturated carbocycles. The van der Waals surface area contributed by atoms with Crippen molar-refractivity contribution in [2.45, 2.75) is 129 Å². The van der Waals surface area contributed by atoms with Crippen LogP contribution in [0.4, 0.5) is 0 Å². The van der Waals surface area contributed by atoms with Crippen LogP contribution in [0.3, 0.4) is 0 Å². The summed E-state index contributed by atoms with van der Waals surface area (Å²) in [5.41, 5.74) is 0. The highest BCUT2D eigenvalue weighted by atomic mass is 33.5. The SMILES string of the molecule is CCCCCCCCCCCSSSCCCCCCCCCCC. The molecule has 0 fully saturated rings. The van der Waals surface area contributed by atoms with Crippen molar-refractivity contribution in [2.24, 2.45) is 0 Å². The summed E-state index contributed by atoms with van der Waals surface area (Å²) in [4.78, 5) is 0. The normalized spacial score (nSPS) is 11.3. The fourth-order valence-electron chi connectivity index (χ4n) is 3.05. The molecule has 3 heteroatoms. The summed E-state index contributed by atoms with van der Waals surface area (Å²) in [6.07, 6.45) is 26.0. The maximum absolute atomic E-state index is 2.30. The Bertz CT molecular complexity index is 199. The zero-order valence-corrected chi connectivity index (χ0v) is 19.8. The zero-order valence-electron chi connectivity index (χ0n) is 17.4. The molecule has 152 valence electrons. The minimum Gasteiger partial charge on any atom is -0.0826 e. The van der Waals surface area contributed by atoms with Crippen molar-refractivity contribution in [1.29, 1.82) is 0 Å². The maximum Gasteiger partial charge on any atom is 0.00451 e. The summed E-state index contributed by atoms with van der Waals surface area (Å²) in [7, 11) is 6.22. The molecule has 0 nitrogen and oxygen atoms in total. The van der Waals surface area contributed by atoms with Gasteiger partial charge in [0, 0.05) is 11.5 Å². The Balaban J connectivity index is 2.94. The molecule has 0 amide bonds. The van der Waals surface area contributed by atoms with E-state index in [0.29, 0.717) is 0 Å². The Labute approximate surface area is 172 Å². The van der Waals surface area contributed by atoms with Gasteiger partial charge in [0.05, 0.1) is 0 Å². The second-order valence-electron chi connectivity index (χ2n) is 7.37. The molecule has 0 aliphatic rings. The summed E-state index contributed by atoms with van der Waals surface area (Å²) in [5, 5.41) is 0. The van der Waals surface area contributed by atoms with Gasteiger partial charge in [-0.05, 0) is 22.7 Å². The van der Waals surface area contributed by atoms with Gasteiger partial charge in [0.15, 0.2) is 0 Å². The molecular weight excluding hydrogens is 360 g/mol. The van der Waals surface area contributed by atoms with Crippen LogP contribution in [-0.2, 0) is 0 Å². The second kappa shape index (κ2) is 25.1. The molecule has 0 N–H and O–H groups in total. The van der Waals surface area contributed by atoms with Gasteiger partial charge in [-0.15, -0.1) is 0 Å². The molecule has 0 saturated heterocycles. The average molecular weight is 407 g/mol. The monoisotopic (exact) mass is 406 g/mol. The van der Waals surface area contributed by atoms with Gasteiger partial charge in [0.2, 0.25) is 0 Å². The predicted molar refractivity (Wildman–Crippen MR) is 127 cm³/mol. The number of unbranched alkanes of at least 4 members (excludes halogenated alkanes) is 16. The van der Waals surface area contributed by atoms with E-state index >= 15 is 0 Å². The summed E-state index contributed by atoms with van der Waals surface area (Å²) in [5.74, 6) is 2.70. The van der Waals surface area contributed by atoms with Gasteiger partial charge in [-0.2, -0.15) is 0 Å². The molecule has 0 aromatic rings. The second-order valence-corrected chi connectivity index (χ2v) is 11.8. The first-order valence-corrected chi connectivity index (χ1v) is 15.1. The van der Waals surface area contributed by atoms with E-state index < -0.39 is 0 Å². The summed E-state index contributed by atoms with van der Waals surface area (Å²) in [6, 6.07) is 0. The van der Waals surface area contributed by atoms with Gasteiger partial charge in [0.25, 0.3) is 0 Å². The summed E-state index contributed by atoms with van der Waals surface area (Å²) >= 11 is 0. The van der Waals surface area contributed by atoms with E-state index in [9.17, 15) is 0 Å². The van der Waals surface area contributed by atoms with Crippen LogP contribution >= 0.6 is 31.4 Å². The molecule has 0 spiro atoms. The molecule has 0 aliphatic carbocycles. The Kier molecular flexibility index (Phi) is 26.1. The van der Waals surface area contributed by atoms with E-state index in [0.717, 1.165) is 0 Å². The predicted octanol–water partition coefficient (Wildman–Crippen LogP) is 10.1. The van der Waals surface area contributed by atoms with Crippen LogP contribution in [0.1, 0.15) is 129 Å². The first-order chi connectivity index (χ1) is 12.4. The van der Waals surface area contributed by atoms with Crippen LogP contribution in [0.15, 0.2) is 0 Å². The average Bonchev–Trinajstić information content (AvgIpc) is 2.63. The first kappa shape index (κ1) is 26.1. The Morgan fingerprint density at radius 2 is 0.640 bits per heavy atom. The van der Waals surface area contributed by atoms with Gasteiger partial charge >= 0.3 is 0 Å². The Hall–Kier alpha value is 1.05. The molecule has 0 bridgehead atoms. The fourth-order valence-corrected chi connectivity index (χ4v) is 7.05. The van der Waals surface area contributed by atoms with Gasteiger partial charge < -0.3 is 0 Å². The highest BCUT2D eigenvalue weighted by Gasteiger charge is 1.96. The molecule has 0 aromatic carbocycles. The van der Waals surface area contributed by atoms with E-state index in [2.05, 4.69) is 35.4 Å². The topological polar surface area (TPSA) is 0 Å². The minimum absolute atomic E-state index is 1.35. The highest BCUT2D eigenvalue weighted by Crippen LogP contribution is 2.35. The molecule has 0 unspecified atom stereocenters. The van der Waals surface area contributed by atoms with E-state index in [1.807, 2.05) is 9.83 Å². The van der Waals surface area contributed by atoms with Crippen LogP contribution in [0.2, 0.25) is 0 Å². The molecule has 0 rings (SSSR count). The fraction of sp³-hybridized carbons (Fsp3) is 1.00. The molecule has 25 heavy (non-hydrogen) atoms. The van der Waals surface area contributed by atoms with E-state index in [1.165, 1.54) is 127 Å². The zero-order chi connectivity index (χ0) is 18.3. The van der Waals surface area contributed by atoms with E-state index in [4.69, 9.17) is 0 Å². The van der Waals surface area contributed by atoms with Crippen LogP contribution in [0.25, 0.3) is 0 Å². The third-order valence-corrected chi connectivity index (χ3v) is 9.17. The lowest BCUT2D eigenvalue weighted by Gasteiger charge is -2.03. The quantitative estimate of drug-likeness (QED) is 0.130. The lowest BCUT2D eigenvalue weighted by Crippen LogP contribution is -1.83. The third kappa shape index (κ3) is 25.1. The van der Waals surface area contributed by atoms with Gasteiger partial charge in [-0.1, -0.05) is 138 Å². The van der Waals surface area contributed by atoms with Gasteiger partial charge in [-0.3, -0.25) is 0 Å². The van der Waals surface area contributed by atoms with Crippen molar-refractivity contribution >= 4 is 31.4 Å². The Morgan fingerprint density at radius 3 is 0.960 bits per heavy atom. The minimum atomic E-state index is 1.35. The lowest BCUT2D eigenvalue weighted by atomic mass is 10.1.